The predicted octanol–water partition coefficient (Wildman–Crippen LogP) is 3.93. The van der Waals surface area contributed by atoms with Crippen LogP contribution in [-0.2, 0) is 17.6 Å². The number of nitrogens with zero attached hydrogens (tertiary/aromatic N) is 2. The number of alkyl halides is 3. The number of hydrogen-bond acceptors (Lipinski definition) is 4. The predicted molar refractivity (Wildman–Crippen MR) is 96.1 cm³/mol. The number of benzene rings is 1. The molecule has 1 aromatic heterocycles. The third-order valence-electron chi connectivity index (χ3n) is 3.53. The molecule has 0 spiro atoms. The maximum atomic E-state index is 12.3. The highest BCUT2D eigenvalue weighted by Gasteiger charge is 2.31. The summed E-state index contributed by atoms with van der Waals surface area (Å²) in [5.74, 6) is 5.11. The number of carbonyl (C=O) groups is 1. The molecule has 144 valence electrons. The van der Waals surface area contributed by atoms with Gasteiger partial charge in [-0.2, -0.15) is 5.26 Å². The van der Waals surface area contributed by atoms with Crippen molar-refractivity contribution in [3.63, 3.8) is 0 Å². The summed E-state index contributed by atoms with van der Waals surface area (Å²) in [7, 11) is 0. The number of halogens is 3. The molecule has 28 heavy (non-hydrogen) atoms. The molecular weight excluding hydrogens is 371 g/mol. The number of amides is 1. The Morgan fingerprint density at radius 3 is 2.71 bits per heavy atom. The van der Waals surface area contributed by atoms with Crippen LogP contribution >= 0.6 is 0 Å². The first-order chi connectivity index (χ1) is 13.3. The molecule has 0 atom stereocenters. The minimum atomic E-state index is -4.79. The molecule has 0 aliphatic heterocycles. The Kier molecular flexibility index (Phi) is 7.00. The number of pyridine rings is 1. The van der Waals surface area contributed by atoms with Crippen molar-refractivity contribution in [3.05, 3.63) is 53.2 Å². The van der Waals surface area contributed by atoms with Gasteiger partial charge in [0.15, 0.2) is 0 Å². The molecule has 0 saturated carbocycles. The minimum absolute atomic E-state index is 0.128. The summed E-state index contributed by atoms with van der Waals surface area (Å²) >= 11 is 0. The summed E-state index contributed by atoms with van der Waals surface area (Å²) in [4.78, 5) is 16.4. The van der Waals surface area contributed by atoms with Crippen molar-refractivity contribution in [2.45, 2.75) is 32.5 Å². The molecule has 2 rings (SSSR count). The van der Waals surface area contributed by atoms with Crippen LogP contribution in [0, 0.1) is 30.1 Å². The van der Waals surface area contributed by atoms with Crippen LogP contribution in [0.5, 0.6) is 5.75 Å². The number of aromatic nitrogens is 1. The molecule has 1 N–H and O–H groups in total. The number of rotatable bonds is 5. The smallest absolute Gasteiger partial charge is 0.406 e. The molecule has 1 aromatic carbocycles. The lowest BCUT2D eigenvalue weighted by Crippen LogP contribution is -2.18. The largest absolute Gasteiger partial charge is 0.573 e. The minimum Gasteiger partial charge on any atom is -0.406 e. The van der Waals surface area contributed by atoms with E-state index >= 15 is 0 Å². The third-order valence-corrected chi connectivity index (χ3v) is 3.53. The molecule has 1 amide bonds. The van der Waals surface area contributed by atoms with E-state index in [0.29, 0.717) is 23.5 Å². The Morgan fingerprint density at radius 2 is 2.04 bits per heavy atom. The first-order valence-electron chi connectivity index (χ1n) is 8.20. The number of hydrogen-bond donors (Lipinski definition) is 1. The molecule has 0 saturated heterocycles. The fourth-order valence-electron chi connectivity index (χ4n) is 2.33. The quantitative estimate of drug-likeness (QED) is 0.789. The van der Waals surface area contributed by atoms with E-state index in [9.17, 15) is 18.0 Å². The van der Waals surface area contributed by atoms with Crippen molar-refractivity contribution in [2.75, 3.05) is 5.32 Å². The van der Waals surface area contributed by atoms with E-state index in [1.165, 1.54) is 12.1 Å². The van der Waals surface area contributed by atoms with Crippen LogP contribution in [0.3, 0.4) is 0 Å². The van der Waals surface area contributed by atoms with Crippen LogP contribution in [0.15, 0.2) is 36.4 Å². The van der Waals surface area contributed by atoms with Gasteiger partial charge in [-0.15, -0.1) is 13.2 Å². The standard InChI is InChI=1S/C20H16F3N3O2/c1-14-16(7-3-2-4-11-24)9-10-18(25-14)26-19(27)13-15-6-5-8-17(12-15)28-20(21,22)23/h5-6,8-10,12H,4,7,13H2,1H3,(H,25,26,27). The molecule has 0 radical (unpaired) electrons. The maximum Gasteiger partial charge on any atom is 0.573 e. The summed E-state index contributed by atoms with van der Waals surface area (Å²) in [6.45, 7) is 1.77. The molecule has 0 unspecified atom stereocenters. The van der Waals surface area contributed by atoms with Crippen LogP contribution in [0.4, 0.5) is 19.0 Å². The van der Waals surface area contributed by atoms with Gasteiger partial charge in [-0.05, 0) is 36.2 Å². The number of anilines is 1. The van der Waals surface area contributed by atoms with E-state index in [2.05, 4.69) is 26.9 Å². The number of aryl methyl sites for hydroxylation is 1. The van der Waals surface area contributed by atoms with Gasteiger partial charge >= 0.3 is 6.36 Å². The van der Waals surface area contributed by atoms with Crippen molar-refractivity contribution in [1.29, 1.82) is 5.26 Å². The topological polar surface area (TPSA) is 75.0 Å². The van der Waals surface area contributed by atoms with E-state index in [0.717, 1.165) is 17.7 Å². The monoisotopic (exact) mass is 387 g/mol. The van der Waals surface area contributed by atoms with Crippen LogP contribution in [0.1, 0.15) is 23.2 Å². The van der Waals surface area contributed by atoms with Crippen molar-refractivity contribution in [3.8, 4) is 23.7 Å². The highest BCUT2D eigenvalue weighted by Crippen LogP contribution is 2.23. The second kappa shape index (κ2) is 9.43. The molecule has 0 fully saturated rings. The maximum absolute atomic E-state index is 12.3. The van der Waals surface area contributed by atoms with Gasteiger partial charge in [0.05, 0.1) is 18.9 Å². The van der Waals surface area contributed by atoms with E-state index in [1.54, 1.807) is 19.1 Å². The van der Waals surface area contributed by atoms with Crippen LogP contribution in [0.25, 0.3) is 0 Å². The van der Waals surface area contributed by atoms with Gasteiger partial charge in [-0.3, -0.25) is 4.79 Å². The van der Waals surface area contributed by atoms with E-state index < -0.39 is 12.3 Å². The average molecular weight is 387 g/mol. The Hall–Kier alpha value is -3.52. The van der Waals surface area contributed by atoms with Gasteiger partial charge in [0.2, 0.25) is 5.91 Å². The lowest BCUT2D eigenvalue weighted by molar-refractivity contribution is -0.274. The van der Waals surface area contributed by atoms with E-state index in [1.807, 2.05) is 6.07 Å². The second-order valence-electron chi connectivity index (χ2n) is 5.73. The number of nitrogens with one attached hydrogen (secondary N) is 1. The molecule has 5 nitrogen and oxygen atoms in total. The van der Waals surface area contributed by atoms with Gasteiger partial charge < -0.3 is 10.1 Å². The molecule has 1 heterocycles. The fourth-order valence-corrected chi connectivity index (χ4v) is 2.33. The first kappa shape index (κ1) is 20.8. The van der Waals surface area contributed by atoms with Crippen molar-refractivity contribution >= 4 is 11.7 Å². The molecule has 0 bridgehead atoms. The summed E-state index contributed by atoms with van der Waals surface area (Å²) in [5.41, 5.74) is 1.94. The molecule has 8 heteroatoms. The summed E-state index contributed by atoms with van der Waals surface area (Å²) in [5, 5.41) is 11.1. The Bertz CT molecular complexity index is 954. The molecule has 2 aromatic rings. The van der Waals surface area contributed by atoms with Gasteiger partial charge in [0, 0.05) is 12.1 Å². The Labute approximate surface area is 160 Å². The van der Waals surface area contributed by atoms with Crippen LogP contribution in [-0.4, -0.2) is 17.3 Å². The fraction of sp³-hybridized carbons (Fsp3) is 0.250. The van der Waals surface area contributed by atoms with Gasteiger partial charge in [0.25, 0.3) is 0 Å². The Balaban J connectivity index is 1.98. The van der Waals surface area contributed by atoms with Crippen molar-refractivity contribution in [1.82, 2.24) is 4.98 Å². The molecule has 0 aliphatic rings. The zero-order chi connectivity index (χ0) is 20.6. The van der Waals surface area contributed by atoms with Gasteiger partial charge in [-0.1, -0.05) is 30.0 Å². The summed E-state index contributed by atoms with van der Waals surface area (Å²) in [6, 6.07) is 10.6. The SMILES string of the molecule is Cc1nc(NC(=O)Cc2cccc(OC(F)(F)F)c2)ccc1CC#CCC#N. The highest BCUT2D eigenvalue weighted by molar-refractivity contribution is 5.91. The van der Waals surface area contributed by atoms with Crippen molar-refractivity contribution in [2.24, 2.45) is 0 Å². The molecule has 0 aliphatic carbocycles. The first-order valence-corrected chi connectivity index (χ1v) is 8.20. The summed E-state index contributed by atoms with van der Waals surface area (Å²) < 4.78 is 40.7. The van der Waals surface area contributed by atoms with E-state index in [4.69, 9.17) is 5.26 Å². The zero-order valence-corrected chi connectivity index (χ0v) is 14.9. The van der Waals surface area contributed by atoms with Gasteiger partial charge in [-0.25, -0.2) is 4.98 Å². The Morgan fingerprint density at radius 1 is 1.25 bits per heavy atom. The van der Waals surface area contributed by atoms with E-state index in [-0.39, 0.29) is 18.6 Å². The lowest BCUT2D eigenvalue weighted by Gasteiger charge is -2.10. The normalized spacial score (nSPS) is 10.4. The molecular formula is C20H16F3N3O2. The number of ether oxygens (including phenoxy) is 1. The number of carbonyl (C=O) groups excluding carboxylic acids is 1. The van der Waals surface area contributed by atoms with Gasteiger partial charge in [0.1, 0.15) is 11.6 Å². The third kappa shape index (κ3) is 7.00. The van der Waals surface area contributed by atoms with Crippen LogP contribution < -0.4 is 10.1 Å². The lowest BCUT2D eigenvalue weighted by atomic mass is 10.1. The number of nitriles is 1. The second-order valence-corrected chi connectivity index (χ2v) is 5.73. The summed E-state index contributed by atoms with van der Waals surface area (Å²) in [6.07, 6.45) is -4.31. The van der Waals surface area contributed by atoms with Crippen LogP contribution in [0.2, 0.25) is 0 Å². The average Bonchev–Trinajstić information content (AvgIpc) is 2.59. The zero-order valence-electron chi connectivity index (χ0n) is 14.9. The van der Waals surface area contributed by atoms with Crippen molar-refractivity contribution < 1.29 is 22.7 Å². The highest BCUT2D eigenvalue weighted by atomic mass is 19.4.